The van der Waals surface area contributed by atoms with Gasteiger partial charge >= 0.3 is 6.09 Å². The summed E-state index contributed by atoms with van der Waals surface area (Å²) in [4.78, 5) is 25.5. The fourth-order valence-electron chi connectivity index (χ4n) is 2.24. The van der Waals surface area contributed by atoms with Crippen LogP contribution in [0.15, 0.2) is 41.8 Å². The number of carbonyl (C=O) groups is 2. The van der Waals surface area contributed by atoms with Gasteiger partial charge in [0.25, 0.3) is 5.91 Å². The van der Waals surface area contributed by atoms with Gasteiger partial charge in [0, 0.05) is 5.56 Å². The maximum atomic E-state index is 12.0. The molecule has 1 saturated heterocycles. The van der Waals surface area contributed by atoms with E-state index in [1.807, 2.05) is 36.6 Å². The van der Waals surface area contributed by atoms with E-state index in [-0.39, 0.29) is 18.1 Å². The number of nitrogens with zero attached hydrogens (tertiary/aromatic N) is 1. The van der Waals surface area contributed by atoms with E-state index in [2.05, 4.69) is 5.32 Å². The first-order chi connectivity index (χ1) is 10.6. The molecular formula is C16H16N2O3S. The third-order valence-corrected chi connectivity index (χ3v) is 4.34. The second kappa shape index (κ2) is 6.19. The molecule has 1 unspecified atom stereocenters. The zero-order chi connectivity index (χ0) is 15.5. The highest BCUT2D eigenvalue weighted by Crippen LogP contribution is 2.26. The molecule has 1 aromatic heterocycles. The van der Waals surface area contributed by atoms with Crippen LogP contribution in [-0.4, -0.2) is 31.2 Å². The predicted octanol–water partition coefficient (Wildman–Crippen LogP) is 2.81. The Bertz CT molecular complexity index is 667. The van der Waals surface area contributed by atoms with Crippen LogP contribution in [0.3, 0.4) is 0 Å². The monoisotopic (exact) mass is 316 g/mol. The SMILES string of the molecule is Cc1ccc(C(=O)NCC2CN(c3cccs3)C(=O)O2)cc1. The molecule has 1 N–H and O–H groups in total. The average Bonchev–Trinajstić information content (AvgIpc) is 3.14. The van der Waals surface area contributed by atoms with Gasteiger partial charge in [0.2, 0.25) is 0 Å². The van der Waals surface area contributed by atoms with Gasteiger partial charge < -0.3 is 10.1 Å². The molecule has 1 fully saturated rings. The molecule has 1 aliphatic rings. The van der Waals surface area contributed by atoms with Crippen molar-refractivity contribution in [2.24, 2.45) is 0 Å². The molecule has 5 nitrogen and oxygen atoms in total. The Balaban J connectivity index is 1.55. The van der Waals surface area contributed by atoms with Crippen LogP contribution in [0.1, 0.15) is 15.9 Å². The van der Waals surface area contributed by atoms with E-state index in [4.69, 9.17) is 4.74 Å². The summed E-state index contributed by atoms with van der Waals surface area (Å²) in [5, 5.41) is 5.58. The molecule has 0 spiro atoms. The second-order valence-corrected chi connectivity index (χ2v) is 6.07. The first-order valence-corrected chi connectivity index (χ1v) is 7.88. The van der Waals surface area contributed by atoms with E-state index in [1.165, 1.54) is 11.3 Å². The van der Waals surface area contributed by atoms with Gasteiger partial charge in [-0.05, 0) is 36.6 Å². The molecule has 1 aromatic carbocycles. The zero-order valence-corrected chi connectivity index (χ0v) is 12.9. The van der Waals surface area contributed by atoms with Gasteiger partial charge in [-0.25, -0.2) is 4.79 Å². The zero-order valence-electron chi connectivity index (χ0n) is 12.1. The number of benzene rings is 1. The lowest BCUT2D eigenvalue weighted by molar-refractivity contribution is 0.0916. The Labute approximate surface area is 132 Å². The Morgan fingerprint density at radius 1 is 1.36 bits per heavy atom. The van der Waals surface area contributed by atoms with Gasteiger partial charge in [-0.15, -0.1) is 11.3 Å². The number of hydrogen-bond acceptors (Lipinski definition) is 4. The summed E-state index contributed by atoms with van der Waals surface area (Å²) >= 11 is 1.49. The van der Waals surface area contributed by atoms with Gasteiger partial charge in [-0.2, -0.15) is 0 Å². The fourth-order valence-corrected chi connectivity index (χ4v) is 2.97. The van der Waals surface area contributed by atoms with Crippen LogP contribution >= 0.6 is 11.3 Å². The Morgan fingerprint density at radius 3 is 2.82 bits per heavy atom. The molecule has 22 heavy (non-hydrogen) atoms. The molecule has 0 radical (unpaired) electrons. The van der Waals surface area contributed by atoms with E-state index in [1.54, 1.807) is 17.0 Å². The maximum Gasteiger partial charge on any atom is 0.415 e. The van der Waals surface area contributed by atoms with Crippen molar-refractivity contribution in [3.8, 4) is 0 Å². The predicted molar refractivity (Wildman–Crippen MR) is 85.4 cm³/mol. The Morgan fingerprint density at radius 2 is 2.14 bits per heavy atom. The molecule has 3 rings (SSSR count). The Kier molecular flexibility index (Phi) is 4.11. The summed E-state index contributed by atoms with van der Waals surface area (Å²) < 4.78 is 5.28. The van der Waals surface area contributed by atoms with Crippen molar-refractivity contribution in [2.75, 3.05) is 18.0 Å². The van der Waals surface area contributed by atoms with Crippen molar-refractivity contribution in [2.45, 2.75) is 13.0 Å². The largest absolute Gasteiger partial charge is 0.442 e. The first-order valence-electron chi connectivity index (χ1n) is 7.00. The van der Waals surface area contributed by atoms with Crippen LogP contribution in [0.2, 0.25) is 0 Å². The van der Waals surface area contributed by atoms with E-state index in [0.717, 1.165) is 10.6 Å². The molecule has 114 valence electrons. The van der Waals surface area contributed by atoms with Crippen LogP contribution in [0, 0.1) is 6.92 Å². The van der Waals surface area contributed by atoms with Gasteiger partial charge in [0.05, 0.1) is 13.1 Å². The summed E-state index contributed by atoms with van der Waals surface area (Å²) in [6, 6.07) is 11.1. The number of aryl methyl sites for hydroxylation is 1. The normalized spacial score (nSPS) is 17.4. The smallest absolute Gasteiger partial charge is 0.415 e. The summed E-state index contributed by atoms with van der Waals surface area (Å²) in [5.74, 6) is -0.161. The number of anilines is 1. The van der Waals surface area contributed by atoms with Crippen LogP contribution in [0.4, 0.5) is 9.80 Å². The minimum Gasteiger partial charge on any atom is -0.442 e. The quantitative estimate of drug-likeness (QED) is 0.943. The van der Waals surface area contributed by atoms with Gasteiger partial charge in [-0.3, -0.25) is 9.69 Å². The molecule has 0 aliphatic carbocycles. The van der Waals surface area contributed by atoms with E-state index >= 15 is 0 Å². The third-order valence-electron chi connectivity index (χ3n) is 3.45. The maximum absolute atomic E-state index is 12.0. The number of ether oxygens (including phenoxy) is 1. The summed E-state index contributed by atoms with van der Waals surface area (Å²) in [5.41, 5.74) is 1.71. The van der Waals surface area contributed by atoms with Gasteiger partial charge in [-0.1, -0.05) is 17.7 Å². The number of hydrogen-bond donors (Lipinski definition) is 1. The van der Waals surface area contributed by atoms with Gasteiger partial charge in [0.15, 0.2) is 0 Å². The molecule has 0 saturated carbocycles. The van der Waals surface area contributed by atoms with E-state index in [0.29, 0.717) is 18.7 Å². The highest BCUT2D eigenvalue weighted by molar-refractivity contribution is 7.14. The lowest BCUT2D eigenvalue weighted by atomic mass is 10.1. The molecule has 2 amide bonds. The van der Waals surface area contributed by atoms with Crippen LogP contribution in [-0.2, 0) is 4.74 Å². The van der Waals surface area contributed by atoms with Crippen LogP contribution in [0.5, 0.6) is 0 Å². The second-order valence-electron chi connectivity index (χ2n) is 5.14. The van der Waals surface area contributed by atoms with Crippen molar-refractivity contribution < 1.29 is 14.3 Å². The van der Waals surface area contributed by atoms with Gasteiger partial charge in [0.1, 0.15) is 11.1 Å². The molecule has 6 heteroatoms. The summed E-state index contributed by atoms with van der Waals surface area (Å²) in [6.07, 6.45) is -0.693. The van der Waals surface area contributed by atoms with Crippen molar-refractivity contribution in [3.63, 3.8) is 0 Å². The van der Waals surface area contributed by atoms with Crippen LogP contribution in [0.25, 0.3) is 0 Å². The number of carbonyl (C=O) groups excluding carboxylic acids is 2. The summed E-state index contributed by atoms with van der Waals surface area (Å²) in [6.45, 7) is 2.73. The first kappa shape index (κ1) is 14.6. The number of amides is 2. The number of rotatable bonds is 4. The highest BCUT2D eigenvalue weighted by Gasteiger charge is 2.32. The molecule has 2 heterocycles. The lowest BCUT2D eigenvalue weighted by Gasteiger charge is -2.11. The van der Waals surface area contributed by atoms with Crippen molar-refractivity contribution in [1.29, 1.82) is 0 Å². The molecule has 2 aromatic rings. The van der Waals surface area contributed by atoms with Crippen molar-refractivity contribution >= 4 is 28.3 Å². The highest BCUT2D eigenvalue weighted by atomic mass is 32.1. The fraction of sp³-hybridized carbons (Fsp3) is 0.250. The van der Waals surface area contributed by atoms with Crippen molar-refractivity contribution in [3.05, 3.63) is 52.9 Å². The number of cyclic esters (lactones) is 1. The number of thiophene rings is 1. The summed E-state index contributed by atoms with van der Waals surface area (Å²) in [7, 11) is 0. The van der Waals surface area contributed by atoms with E-state index in [9.17, 15) is 9.59 Å². The topological polar surface area (TPSA) is 58.6 Å². The molecule has 1 aliphatic heterocycles. The lowest BCUT2D eigenvalue weighted by Crippen LogP contribution is -2.34. The van der Waals surface area contributed by atoms with Crippen molar-refractivity contribution in [1.82, 2.24) is 5.32 Å². The minimum absolute atomic E-state index is 0.161. The third kappa shape index (κ3) is 3.12. The molecule has 0 bridgehead atoms. The average molecular weight is 316 g/mol. The van der Waals surface area contributed by atoms with E-state index < -0.39 is 0 Å². The molecular weight excluding hydrogens is 300 g/mol. The standard InChI is InChI=1S/C16H16N2O3S/c1-11-4-6-12(7-5-11)15(19)17-9-13-10-18(16(20)21-13)14-3-2-8-22-14/h2-8,13H,9-10H2,1H3,(H,17,19). The number of nitrogens with one attached hydrogen (secondary N) is 1. The minimum atomic E-state index is -0.364. The Hall–Kier alpha value is -2.34. The van der Waals surface area contributed by atoms with Crippen LogP contribution < -0.4 is 10.2 Å². The molecule has 1 atom stereocenters.